The summed E-state index contributed by atoms with van der Waals surface area (Å²) in [5.41, 5.74) is 7.14. The largest absolute Gasteiger partial charge is 0.473 e. The number of carbonyl (C=O) groups is 3. The first-order valence-corrected chi connectivity index (χ1v) is 7.77. The average Bonchev–Trinajstić information content (AvgIpc) is 2.55. The number of ketones is 1. The first-order chi connectivity index (χ1) is 11.5. The van der Waals surface area contributed by atoms with Gasteiger partial charge >= 0.3 is 11.9 Å². The average molecular weight is 348 g/mol. The van der Waals surface area contributed by atoms with E-state index in [2.05, 4.69) is 6.07 Å². The molecule has 0 spiro atoms. The van der Waals surface area contributed by atoms with Crippen LogP contribution < -0.4 is 5.73 Å². The molecular formula is C18H24N2O5. The van der Waals surface area contributed by atoms with Crippen molar-refractivity contribution in [3.05, 3.63) is 35.4 Å². The molecule has 0 radical (unpaired) electrons. The quantitative estimate of drug-likeness (QED) is 0.667. The molecule has 0 aromatic heterocycles. The molecule has 0 heterocycles. The van der Waals surface area contributed by atoms with E-state index in [-0.39, 0.29) is 11.8 Å². The Morgan fingerprint density at radius 1 is 1.16 bits per heavy atom. The van der Waals surface area contributed by atoms with Gasteiger partial charge < -0.3 is 15.9 Å². The van der Waals surface area contributed by atoms with Gasteiger partial charge in [-0.15, -0.1) is 0 Å². The molecule has 7 nitrogen and oxygen atoms in total. The lowest BCUT2D eigenvalue weighted by molar-refractivity contribution is -0.159. The number of hydrogen-bond donors (Lipinski definition) is 3. The third-order valence-electron chi connectivity index (χ3n) is 3.64. The molecule has 25 heavy (non-hydrogen) atoms. The van der Waals surface area contributed by atoms with E-state index in [1.807, 2.05) is 32.9 Å². The van der Waals surface area contributed by atoms with Crippen LogP contribution in [0.25, 0.3) is 0 Å². The molecule has 1 unspecified atom stereocenters. The highest BCUT2D eigenvalue weighted by Gasteiger charge is 2.28. The van der Waals surface area contributed by atoms with Crippen LogP contribution >= 0.6 is 0 Å². The second-order valence-electron chi connectivity index (χ2n) is 6.28. The topological polar surface area (TPSA) is 141 Å². The smallest absolute Gasteiger partial charge is 0.414 e. The van der Waals surface area contributed by atoms with E-state index >= 15 is 0 Å². The Bertz CT molecular complexity index is 632. The number of nitrogens with two attached hydrogens (primary N) is 1. The van der Waals surface area contributed by atoms with Crippen molar-refractivity contribution in [3.63, 3.8) is 0 Å². The van der Waals surface area contributed by atoms with Crippen molar-refractivity contribution in [2.45, 2.75) is 46.1 Å². The first kappa shape index (κ1) is 22.3. The zero-order valence-electron chi connectivity index (χ0n) is 14.7. The maximum absolute atomic E-state index is 12.2. The lowest BCUT2D eigenvalue weighted by Gasteiger charge is -2.24. The van der Waals surface area contributed by atoms with Crippen LogP contribution in [0.15, 0.2) is 24.3 Å². The number of nitriles is 1. The number of carboxylic acid groups (broad SMARTS) is 2. The third-order valence-corrected chi connectivity index (χ3v) is 3.64. The fraction of sp³-hybridized carbons (Fsp3) is 0.444. The van der Waals surface area contributed by atoms with Crippen molar-refractivity contribution in [3.8, 4) is 6.07 Å². The van der Waals surface area contributed by atoms with Crippen LogP contribution in [0.1, 0.15) is 44.7 Å². The molecule has 0 saturated heterocycles. The van der Waals surface area contributed by atoms with Gasteiger partial charge in [0, 0.05) is 17.9 Å². The van der Waals surface area contributed by atoms with Crippen molar-refractivity contribution in [2.75, 3.05) is 0 Å². The van der Waals surface area contributed by atoms with Gasteiger partial charge in [0.25, 0.3) is 0 Å². The highest BCUT2D eigenvalue weighted by atomic mass is 16.4. The minimum Gasteiger partial charge on any atom is -0.473 e. The van der Waals surface area contributed by atoms with Crippen molar-refractivity contribution in [2.24, 2.45) is 11.1 Å². The van der Waals surface area contributed by atoms with Gasteiger partial charge in [-0.05, 0) is 30.5 Å². The number of Topliss-reactive ketones (excluding diaryl/α,β-unsaturated/α-hetero) is 1. The molecule has 0 aliphatic heterocycles. The number of aliphatic carboxylic acids is 2. The van der Waals surface area contributed by atoms with Crippen LogP contribution in [0.4, 0.5) is 0 Å². The first-order valence-electron chi connectivity index (χ1n) is 7.77. The summed E-state index contributed by atoms with van der Waals surface area (Å²) in [5.74, 6) is -3.45. The minimum absolute atomic E-state index is 0.0484. The Kier molecular flexibility index (Phi) is 9.10. The molecule has 0 fully saturated rings. The number of rotatable bonds is 6. The van der Waals surface area contributed by atoms with Gasteiger partial charge in [0.1, 0.15) is 5.78 Å². The van der Waals surface area contributed by atoms with E-state index in [0.717, 1.165) is 12.0 Å². The molecular weight excluding hydrogens is 324 g/mol. The summed E-state index contributed by atoms with van der Waals surface area (Å²) < 4.78 is 0. The summed E-state index contributed by atoms with van der Waals surface area (Å²) in [4.78, 5) is 30.4. The molecule has 0 bridgehead atoms. The minimum atomic E-state index is -1.82. The Balaban J connectivity index is 0.000000823. The molecule has 1 aromatic rings. The monoisotopic (exact) mass is 348 g/mol. The zero-order valence-corrected chi connectivity index (χ0v) is 14.7. The van der Waals surface area contributed by atoms with Crippen LogP contribution in [0.3, 0.4) is 0 Å². The van der Waals surface area contributed by atoms with Gasteiger partial charge in [0.15, 0.2) is 0 Å². The second-order valence-corrected chi connectivity index (χ2v) is 6.28. The Labute approximate surface area is 147 Å². The van der Waals surface area contributed by atoms with Crippen LogP contribution in [-0.2, 0) is 20.8 Å². The second kappa shape index (κ2) is 10.2. The summed E-state index contributed by atoms with van der Waals surface area (Å²) in [5, 5.41) is 23.5. The van der Waals surface area contributed by atoms with Crippen molar-refractivity contribution < 1.29 is 24.6 Å². The predicted octanol–water partition coefficient (Wildman–Crippen LogP) is 1.98. The number of nitrogens with zero attached hydrogens (tertiary/aromatic N) is 1. The van der Waals surface area contributed by atoms with Crippen LogP contribution in [0, 0.1) is 16.7 Å². The maximum Gasteiger partial charge on any atom is 0.414 e. The molecule has 1 aromatic carbocycles. The van der Waals surface area contributed by atoms with Gasteiger partial charge in [-0.3, -0.25) is 4.79 Å². The fourth-order valence-corrected chi connectivity index (χ4v) is 1.96. The molecule has 0 amide bonds. The van der Waals surface area contributed by atoms with Crippen molar-refractivity contribution in [1.82, 2.24) is 0 Å². The van der Waals surface area contributed by atoms with E-state index in [1.54, 1.807) is 12.1 Å². The van der Waals surface area contributed by atoms with Gasteiger partial charge in [-0.2, -0.15) is 5.26 Å². The van der Waals surface area contributed by atoms with E-state index < -0.39 is 17.4 Å². The fourth-order valence-electron chi connectivity index (χ4n) is 1.96. The summed E-state index contributed by atoms with van der Waals surface area (Å²) in [6.07, 6.45) is 1.92. The molecule has 4 N–H and O–H groups in total. The lowest BCUT2D eigenvalue weighted by Crippen LogP contribution is -2.33. The van der Waals surface area contributed by atoms with Crippen LogP contribution in [0.5, 0.6) is 0 Å². The highest BCUT2D eigenvalue weighted by molar-refractivity contribution is 6.27. The van der Waals surface area contributed by atoms with Crippen LogP contribution in [-0.4, -0.2) is 34.0 Å². The number of benzene rings is 1. The SMILES string of the molecule is CCC(N)CC(=O)C(C)(C)Cc1ccc(C#N)cc1.O=C(O)C(=O)O. The molecule has 1 rings (SSSR count). The third kappa shape index (κ3) is 8.63. The van der Waals surface area contributed by atoms with Crippen LogP contribution in [0.2, 0.25) is 0 Å². The van der Waals surface area contributed by atoms with Gasteiger partial charge in [-0.1, -0.05) is 32.9 Å². The number of carboxylic acids is 2. The van der Waals surface area contributed by atoms with Gasteiger partial charge in [0.05, 0.1) is 11.6 Å². The highest BCUT2D eigenvalue weighted by Crippen LogP contribution is 2.25. The zero-order chi connectivity index (χ0) is 19.6. The number of hydrogen-bond acceptors (Lipinski definition) is 5. The molecule has 7 heteroatoms. The molecule has 0 aliphatic carbocycles. The van der Waals surface area contributed by atoms with Gasteiger partial charge in [-0.25, -0.2) is 9.59 Å². The maximum atomic E-state index is 12.2. The summed E-state index contributed by atoms with van der Waals surface area (Å²) >= 11 is 0. The predicted molar refractivity (Wildman–Crippen MR) is 91.8 cm³/mol. The van der Waals surface area contributed by atoms with Gasteiger partial charge in [0.2, 0.25) is 0 Å². The standard InChI is InChI=1S/C16H22N2O.C2H2O4/c1-4-14(18)9-15(19)16(2,3)10-12-5-7-13(11-17)8-6-12;3-1(4)2(5)6/h5-8,14H,4,9-10,18H2,1-3H3;(H,3,4)(H,5,6). The molecule has 1 atom stereocenters. The summed E-state index contributed by atoms with van der Waals surface area (Å²) in [7, 11) is 0. The molecule has 136 valence electrons. The van der Waals surface area contributed by atoms with E-state index in [1.165, 1.54) is 0 Å². The Morgan fingerprint density at radius 2 is 1.64 bits per heavy atom. The summed E-state index contributed by atoms with van der Waals surface area (Å²) in [6.45, 7) is 5.90. The number of carbonyl (C=O) groups excluding carboxylic acids is 1. The molecule has 0 saturated carbocycles. The summed E-state index contributed by atoms with van der Waals surface area (Å²) in [6, 6.07) is 9.43. The van der Waals surface area contributed by atoms with E-state index in [0.29, 0.717) is 18.4 Å². The van der Waals surface area contributed by atoms with E-state index in [9.17, 15) is 4.79 Å². The Morgan fingerprint density at radius 3 is 2.00 bits per heavy atom. The van der Waals surface area contributed by atoms with Crippen molar-refractivity contribution in [1.29, 1.82) is 5.26 Å². The Hall–Kier alpha value is -2.72. The molecule has 0 aliphatic rings. The normalized spacial score (nSPS) is 11.5. The van der Waals surface area contributed by atoms with E-state index in [4.69, 9.17) is 30.8 Å². The van der Waals surface area contributed by atoms with Crippen molar-refractivity contribution >= 4 is 17.7 Å². The lowest BCUT2D eigenvalue weighted by atomic mass is 9.79.